The van der Waals surface area contributed by atoms with Gasteiger partial charge in [0, 0.05) is 31.2 Å². The van der Waals surface area contributed by atoms with E-state index < -0.39 is 41.8 Å². The van der Waals surface area contributed by atoms with E-state index in [1.54, 1.807) is 24.3 Å². The lowest BCUT2D eigenvalue weighted by Gasteiger charge is -2.38. The van der Waals surface area contributed by atoms with Crippen molar-refractivity contribution in [3.8, 4) is 28.7 Å². The molecule has 0 saturated carbocycles. The second-order valence-corrected chi connectivity index (χ2v) is 8.51. The minimum Gasteiger partial charge on any atom is -0.493 e. The van der Waals surface area contributed by atoms with Gasteiger partial charge < -0.3 is 33.2 Å². The molecule has 184 valence electrons. The molecule has 0 bridgehead atoms. The molecule has 4 atom stereocenters. The Kier molecular flexibility index (Phi) is 5.66. The molecule has 1 aliphatic carbocycles. The van der Waals surface area contributed by atoms with Crippen molar-refractivity contribution in [1.29, 1.82) is 0 Å². The van der Waals surface area contributed by atoms with Gasteiger partial charge in [0.1, 0.15) is 6.10 Å². The zero-order chi connectivity index (χ0) is 24.9. The van der Waals surface area contributed by atoms with Crippen LogP contribution in [0.3, 0.4) is 0 Å². The van der Waals surface area contributed by atoms with Crippen LogP contribution in [0.15, 0.2) is 24.3 Å². The summed E-state index contributed by atoms with van der Waals surface area (Å²) in [6.45, 7) is 2.77. The number of hydrogen-bond acceptors (Lipinski definition) is 10. The number of carbonyl (C=O) groups excluding carboxylic acids is 3. The third-order valence-corrected chi connectivity index (χ3v) is 6.50. The third kappa shape index (κ3) is 3.78. The van der Waals surface area contributed by atoms with Crippen LogP contribution >= 0.6 is 0 Å². The van der Waals surface area contributed by atoms with Crippen LogP contribution in [0.4, 0.5) is 0 Å². The first-order valence-corrected chi connectivity index (χ1v) is 11.0. The quantitative estimate of drug-likeness (QED) is 0.463. The van der Waals surface area contributed by atoms with Crippen molar-refractivity contribution in [3.05, 3.63) is 41.0 Å². The predicted octanol–water partition coefficient (Wildman–Crippen LogP) is 2.90. The van der Waals surface area contributed by atoms with E-state index in [0.29, 0.717) is 22.6 Å². The van der Waals surface area contributed by atoms with Crippen molar-refractivity contribution in [2.75, 3.05) is 27.6 Å². The second kappa shape index (κ2) is 8.68. The van der Waals surface area contributed by atoms with E-state index in [2.05, 4.69) is 0 Å². The number of hydrogen-bond donors (Lipinski definition) is 0. The zero-order valence-electron chi connectivity index (χ0n) is 19.6. The molecule has 10 nitrogen and oxygen atoms in total. The van der Waals surface area contributed by atoms with Crippen molar-refractivity contribution < 1.29 is 47.5 Å². The van der Waals surface area contributed by atoms with Gasteiger partial charge in [-0.25, -0.2) is 0 Å². The first kappa shape index (κ1) is 22.8. The molecule has 0 N–H and O–H groups in total. The molecule has 5 rings (SSSR count). The Bertz CT molecular complexity index is 1190. The standard InChI is InChI=1S/C25H24O10/c1-11(26)34-23-15-8-18-17(32-10-33-18)7-14(15)21(22-16(23)9-31-25(22)28)13-5-19(29-3)24(35-12(2)27)20(6-13)30-4/h5-8,16,21-23H,9-10H2,1-4H3/t16?,21?,22?,23-/m1/s1. The number of benzene rings is 2. The summed E-state index contributed by atoms with van der Waals surface area (Å²) in [6.07, 6.45) is -0.700. The van der Waals surface area contributed by atoms with E-state index in [1.807, 2.05) is 0 Å². The SMILES string of the molecule is COc1cc(C2c3cc4c(cc3[C@@H](OC(C)=O)C3COC(=O)C23)OCO4)cc(OC)c1OC(C)=O. The summed E-state index contributed by atoms with van der Waals surface area (Å²) in [5.74, 6) is -1.27. The highest BCUT2D eigenvalue weighted by atomic mass is 16.7. The summed E-state index contributed by atoms with van der Waals surface area (Å²) in [5.41, 5.74) is 2.10. The molecule has 35 heavy (non-hydrogen) atoms. The molecule has 1 saturated heterocycles. The molecule has 0 aromatic heterocycles. The van der Waals surface area contributed by atoms with E-state index >= 15 is 0 Å². The van der Waals surface area contributed by atoms with Gasteiger partial charge in [-0.1, -0.05) is 0 Å². The Morgan fingerprint density at radius 2 is 1.51 bits per heavy atom. The molecule has 2 aromatic carbocycles. The number of carbonyl (C=O) groups is 3. The first-order valence-electron chi connectivity index (χ1n) is 11.0. The van der Waals surface area contributed by atoms with Crippen molar-refractivity contribution >= 4 is 17.9 Å². The number of esters is 3. The van der Waals surface area contributed by atoms with Gasteiger partial charge in [-0.3, -0.25) is 14.4 Å². The second-order valence-electron chi connectivity index (χ2n) is 8.51. The highest BCUT2D eigenvalue weighted by Crippen LogP contribution is 2.56. The number of fused-ring (bicyclic) bond motifs is 3. The summed E-state index contributed by atoms with van der Waals surface area (Å²) in [6, 6.07) is 7.00. The molecule has 10 heteroatoms. The monoisotopic (exact) mass is 484 g/mol. The minimum atomic E-state index is -0.700. The van der Waals surface area contributed by atoms with Crippen molar-refractivity contribution in [2.24, 2.45) is 11.8 Å². The number of rotatable bonds is 5. The number of cyclic esters (lactones) is 1. The molecule has 0 radical (unpaired) electrons. The molecule has 1 fully saturated rings. The van der Waals surface area contributed by atoms with E-state index in [4.69, 9.17) is 33.2 Å². The fourth-order valence-electron chi connectivity index (χ4n) is 5.17. The summed E-state index contributed by atoms with van der Waals surface area (Å²) < 4.78 is 38.7. The largest absolute Gasteiger partial charge is 0.493 e. The Labute approximate surface area is 200 Å². The molecule has 0 amide bonds. The van der Waals surface area contributed by atoms with E-state index in [1.165, 1.54) is 28.1 Å². The van der Waals surface area contributed by atoms with Gasteiger partial charge in [0.05, 0.1) is 26.7 Å². The topological polar surface area (TPSA) is 116 Å². The minimum absolute atomic E-state index is 0.0642. The molecular formula is C25H24O10. The molecule has 0 spiro atoms. The van der Waals surface area contributed by atoms with Crippen molar-refractivity contribution in [3.63, 3.8) is 0 Å². The smallest absolute Gasteiger partial charge is 0.310 e. The Hall–Kier alpha value is -3.95. The highest BCUT2D eigenvalue weighted by Gasteiger charge is 2.54. The van der Waals surface area contributed by atoms with E-state index in [-0.39, 0.29) is 30.6 Å². The van der Waals surface area contributed by atoms with Gasteiger partial charge >= 0.3 is 17.9 Å². The first-order chi connectivity index (χ1) is 16.8. The molecular weight excluding hydrogens is 460 g/mol. The average Bonchev–Trinajstić information content (AvgIpc) is 3.44. The third-order valence-electron chi connectivity index (χ3n) is 6.50. The van der Waals surface area contributed by atoms with Crippen LogP contribution in [0, 0.1) is 11.8 Å². The Morgan fingerprint density at radius 1 is 0.886 bits per heavy atom. The zero-order valence-corrected chi connectivity index (χ0v) is 19.6. The van der Waals surface area contributed by atoms with Gasteiger partial charge in [-0.15, -0.1) is 0 Å². The number of ether oxygens (including phenoxy) is 7. The van der Waals surface area contributed by atoms with E-state index in [9.17, 15) is 14.4 Å². The van der Waals surface area contributed by atoms with Crippen LogP contribution in [-0.2, 0) is 23.9 Å². The molecule has 2 aromatic rings. The highest BCUT2D eigenvalue weighted by molar-refractivity contribution is 5.79. The van der Waals surface area contributed by atoms with Crippen LogP contribution in [0.2, 0.25) is 0 Å². The molecule has 3 aliphatic rings. The van der Waals surface area contributed by atoms with Gasteiger partial charge in [0.2, 0.25) is 12.5 Å². The fraction of sp³-hybridized carbons (Fsp3) is 0.400. The normalized spacial score (nSPS) is 23.6. The lowest BCUT2D eigenvalue weighted by molar-refractivity contribution is -0.152. The Balaban J connectivity index is 1.73. The Morgan fingerprint density at radius 3 is 2.09 bits per heavy atom. The molecule has 2 aliphatic heterocycles. The van der Waals surface area contributed by atoms with Crippen LogP contribution in [-0.4, -0.2) is 45.5 Å². The average molecular weight is 484 g/mol. The van der Waals surface area contributed by atoms with Gasteiger partial charge in [0.15, 0.2) is 23.0 Å². The van der Waals surface area contributed by atoms with Gasteiger partial charge in [0.25, 0.3) is 0 Å². The summed E-state index contributed by atoms with van der Waals surface area (Å²) in [7, 11) is 2.89. The fourth-order valence-corrected chi connectivity index (χ4v) is 5.17. The molecule has 2 heterocycles. The summed E-state index contributed by atoms with van der Waals surface area (Å²) in [4.78, 5) is 36.7. The van der Waals surface area contributed by atoms with Crippen LogP contribution in [0.5, 0.6) is 28.7 Å². The maximum atomic E-state index is 13.0. The van der Waals surface area contributed by atoms with Crippen LogP contribution in [0.25, 0.3) is 0 Å². The maximum Gasteiger partial charge on any atom is 0.310 e. The van der Waals surface area contributed by atoms with Crippen molar-refractivity contribution in [1.82, 2.24) is 0 Å². The predicted molar refractivity (Wildman–Crippen MR) is 118 cm³/mol. The van der Waals surface area contributed by atoms with Crippen LogP contribution < -0.4 is 23.7 Å². The lowest BCUT2D eigenvalue weighted by Crippen LogP contribution is -2.36. The summed E-state index contributed by atoms with van der Waals surface area (Å²) in [5, 5.41) is 0. The maximum absolute atomic E-state index is 13.0. The van der Waals surface area contributed by atoms with Crippen LogP contribution in [0.1, 0.15) is 42.6 Å². The van der Waals surface area contributed by atoms with Gasteiger partial charge in [-0.05, 0) is 35.4 Å². The van der Waals surface area contributed by atoms with Crippen molar-refractivity contribution in [2.45, 2.75) is 25.9 Å². The van der Waals surface area contributed by atoms with Gasteiger partial charge in [-0.2, -0.15) is 0 Å². The van der Waals surface area contributed by atoms with E-state index in [0.717, 1.165) is 5.56 Å². The lowest BCUT2D eigenvalue weighted by atomic mass is 9.66. The molecule has 3 unspecified atom stereocenters. The number of methoxy groups -OCH3 is 2. The summed E-state index contributed by atoms with van der Waals surface area (Å²) >= 11 is 0.